The van der Waals surface area contributed by atoms with Gasteiger partial charge in [-0.3, -0.25) is 0 Å². The van der Waals surface area contributed by atoms with Gasteiger partial charge in [-0.2, -0.15) is 0 Å². The van der Waals surface area contributed by atoms with Gasteiger partial charge in [0, 0.05) is 0 Å². The molecule has 0 aromatic rings. The van der Waals surface area contributed by atoms with Crippen LogP contribution in [0.1, 0.15) is 27.7 Å². The van der Waals surface area contributed by atoms with E-state index in [0.29, 0.717) is 5.92 Å². The van der Waals surface area contributed by atoms with Gasteiger partial charge in [0.15, 0.2) is 0 Å². The minimum atomic E-state index is 0.457. The van der Waals surface area contributed by atoms with E-state index in [4.69, 9.17) is 5.90 Å². The Kier molecular flexibility index (Phi) is 4.54. The fraction of sp³-hybridized carbons (Fsp3) is 0.625. The van der Waals surface area contributed by atoms with E-state index in [1.54, 1.807) is 0 Å². The van der Waals surface area contributed by atoms with Crippen LogP contribution in [0.15, 0.2) is 16.8 Å². The first-order valence-corrected chi connectivity index (χ1v) is 3.70. The second-order valence-electron chi connectivity index (χ2n) is 2.68. The van der Waals surface area contributed by atoms with Gasteiger partial charge in [0.05, 0.1) is 5.71 Å². The number of hydrogen-bond acceptors (Lipinski definition) is 3. The van der Waals surface area contributed by atoms with Crippen LogP contribution in [0, 0.1) is 5.92 Å². The van der Waals surface area contributed by atoms with Crippen molar-refractivity contribution in [2.75, 3.05) is 0 Å². The normalized spacial score (nSPS) is 14.0. The first-order valence-electron chi connectivity index (χ1n) is 3.70. The van der Waals surface area contributed by atoms with Crippen LogP contribution in [-0.2, 0) is 4.94 Å². The summed E-state index contributed by atoms with van der Waals surface area (Å²) in [4.78, 5) is 4.18. The van der Waals surface area contributed by atoms with Gasteiger partial charge in [0.1, 0.15) is 0 Å². The van der Waals surface area contributed by atoms with Crippen molar-refractivity contribution < 1.29 is 4.94 Å². The molecule has 0 spiro atoms. The molecule has 3 nitrogen and oxygen atoms in total. The molecule has 0 aromatic carbocycles. The zero-order valence-corrected chi connectivity index (χ0v) is 7.59. The standard InChI is InChI=1S/C8H16N2O/c1-5-8(6(2)3)7(4)10-11-9/h5-6H,9H2,1-4H3/b8-5-,10-7-. The van der Waals surface area contributed by atoms with Crippen molar-refractivity contribution in [3.05, 3.63) is 11.6 Å². The van der Waals surface area contributed by atoms with Crippen molar-refractivity contribution in [2.45, 2.75) is 27.7 Å². The Bertz CT molecular complexity index is 171. The quantitative estimate of drug-likeness (QED) is 0.500. The van der Waals surface area contributed by atoms with Crippen LogP contribution in [0.5, 0.6) is 0 Å². The zero-order chi connectivity index (χ0) is 8.85. The molecular formula is C8H16N2O. The third kappa shape index (κ3) is 3.18. The van der Waals surface area contributed by atoms with Gasteiger partial charge >= 0.3 is 0 Å². The van der Waals surface area contributed by atoms with Crippen molar-refractivity contribution in [1.82, 2.24) is 0 Å². The lowest BCUT2D eigenvalue weighted by atomic mass is 9.99. The summed E-state index contributed by atoms with van der Waals surface area (Å²) < 4.78 is 0. The predicted octanol–water partition coefficient (Wildman–Crippen LogP) is 1.85. The SMILES string of the molecule is C/C=C(\C(C)=N/ON)C(C)C. The highest BCUT2D eigenvalue weighted by Gasteiger charge is 2.05. The lowest BCUT2D eigenvalue weighted by Crippen LogP contribution is -2.06. The Morgan fingerprint density at radius 3 is 2.36 bits per heavy atom. The average Bonchev–Trinajstić information content (AvgIpc) is 1.88. The van der Waals surface area contributed by atoms with Gasteiger partial charge in [-0.1, -0.05) is 25.1 Å². The largest absolute Gasteiger partial charge is 0.302 e. The molecule has 0 rings (SSSR count). The van der Waals surface area contributed by atoms with E-state index in [2.05, 4.69) is 23.9 Å². The number of nitrogens with two attached hydrogens (primary N) is 1. The van der Waals surface area contributed by atoms with E-state index < -0.39 is 0 Å². The lowest BCUT2D eigenvalue weighted by molar-refractivity contribution is 0.148. The highest BCUT2D eigenvalue weighted by molar-refractivity contribution is 5.98. The van der Waals surface area contributed by atoms with E-state index in [-0.39, 0.29) is 0 Å². The maximum Gasteiger partial charge on any atom is 0.0822 e. The first kappa shape index (κ1) is 10.2. The molecule has 11 heavy (non-hydrogen) atoms. The minimum Gasteiger partial charge on any atom is -0.302 e. The second kappa shape index (κ2) is 4.91. The van der Waals surface area contributed by atoms with Gasteiger partial charge in [0.25, 0.3) is 0 Å². The molecule has 0 aliphatic heterocycles. The number of hydrogen-bond donors (Lipinski definition) is 1. The first-order chi connectivity index (χ1) is 5.13. The summed E-state index contributed by atoms with van der Waals surface area (Å²) in [6, 6.07) is 0. The van der Waals surface area contributed by atoms with Crippen LogP contribution in [-0.4, -0.2) is 5.71 Å². The van der Waals surface area contributed by atoms with Crippen molar-refractivity contribution in [1.29, 1.82) is 0 Å². The van der Waals surface area contributed by atoms with Crippen LogP contribution < -0.4 is 5.90 Å². The van der Waals surface area contributed by atoms with E-state index in [1.165, 1.54) is 0 Å². The van der Waals surface area contributed by atoms with Crippen LogP contribution in [0.25, 0.3) is 0 Å². The molecule has 0 aliphatic rings. The summed E-state index contributed by atoms with van der Waals surface area (Å²) in [5.74, 6) is 5.26. The maximum atomic E-state index is 4.81. The number of oxime groups is 1. The molecule has 0 amide bonds. The predicted molar refractivity (Wildman–Crippen MR) is 47.0 cm³/mol. The van der Waals surface area contributed by atoms with Crippen LogP contribution in [0.3, 0.4) is 0 Å². The summed E-state index contributed by atoms with van der Waals surface area (Å²) in [6.45, 7) is 8.06. The number of nitrogens with zero attached hydrogens (tertiary/aromatic N) is 1. The van der Waals surface area contributed by atoms with Crippen LogP contribution in [0.2, 0.25) is 0 Å². The summed E-state index contributed by atoms with van der Waals surface area (Å²) in [7, 11) is 0. The van der Waals surface area contributed by atoms with E-state index >= 15 is 0 Å². The van der Waals surface area contributed by atoms with E-state index in [9.17, 15) is 0 Å². The van der Waals surface area contributed by atoms with E-state index in [0.717, 1.165) is 11.3 Å². The van der Waals surface area contributed by atoms with Gasteiger partial charge in [-0.15, -0.1) is 5.90 Å². The monoisotopic (exact) mass is 156 g/mol. The smallest absolute Gasteiger partial charge is 0.0822 e. The third-order valence-corrected chi connectivity index (χ3v) is 1.54. The van der Waals surface area contributed by atoms with Gasteiger partial charge in [-0.05, 0) is 25.3 Å². The molecule has 0 radical (unpaired) electrons. The molecule has 0 unspecified atom stereocenters. The fourth-order valence-corrected chi connectivity index (χ4v) is 1.09. The zero-order valence-electron chi connectivity index (χ0n) is 7.59. The van der Waals surface area contributed by atoms with Crippen LogP contribution >= 0.6 is 0 Å². The van der Waals surface area contributed by atoms with Gasteiger partial charge in [-0.25, -0.2) is 0 Å². The topological polar surface area (TPSA) is 47.6 Å². The molecule has 0 heterocycles. The molecule has 64 valence electrons. The second-order valence-corrected chi connectivity index (χ2v) is 2.68. The number of rotatable bonds is 3. The highest BCUT2D eigenvalue weighted by Crippen LogP contribution is 2.10. The molecular weight excluding hydrogens is 140 g/mol. The molecule has 0 saturated heterocycles. The number of allylic oxidation sites excluding steroid dienone is 2. The summed E-state index contributed by atoms with van der Waals surface area (Å²) in [6.07, 6.45) is 2.02. The summed E-state index contributed by atoms with van der Waals surface area (Å²) >= 11 is 0. The molecule has 2 N–H and O–H groups in total. The molecule has 0 saturated carbocycles. The highest BCUT2D eigenvalue weighted by atomic mass is 16.7. The van der Waals surface area contributed by atoms with Crippen molar-refractivity contribution >= 4 is 5.71 Å². The van der Waals surface area contributed by atoms with E-state index in [1.807, 2.05) is 19.9 Å². The molecule has 3 heteroatoms. The van der Waals surface area contributed by atoms with Crippen molar-refractivity contribution in [3.63, 3.8) is 0 Å². The van der Waals surface area contributed by atoms with Crippen LogP contribution in [0.4, 0.5) is 0 Å². The lowest BCUT2D eigenvalue weighted by Gasteiger charge is -2.08. The Morgan fingerprint density at radius 1 is 1.55 bits per heavy atom. The summed E-state index contributed by atoms with van der Waals surface area (Å²) in [5.41, 5.74) is 2.00. The molecule has 0 aromatic heterocycles. The third-order valence-electron chi connectivity index (χ3n) is 1.54. The Morgan fingerprint density at radius 2 is 2.09 bits per heavy atom. The van der Waals surface area contributed by atoms with Crippen molar-refractivity contribution in [2.24, 2.45) is 17.0 Å². The van der Waals surface area contributed by atoms with Gasteiger partial charge in [0.2, 0.25) is 0 Å². The Hall–Kier alpha value is -0.830. The maximum absolute atomic E-state index is 4.81. The average molecular weight is 156 g/mol. The Balaban J connectivity index is 4.40. The Labute approximate surface area is 67.9 Å². The minimum absolute atomic E-state index is 0.457. The fourth-order valence-electron chi connectivity index (χ4n) is 1.09. The molecule has 0 fully saturated rings. The van der Waals surface area contributed by atoms with Crippen molar-refractivity contribution in [3.8, 4) is 0 Å². The summed E-state index contributed by atoms with van der Waals surface area (Å²) in [5, 5.41) is 3.64. The molecule has 0 atom stereocenters. The van der Waals surface area contributed by atoms with Gasteiger partial charge < -0.3 is 4.94 Å². The molecule has 0 bridgehead atoms. The molecule has 0 aliphatic carbocycles.